The van der Waals surface area contributed by atoms with E-state index < -0.39 is 0 Å². The summed E-state index contributed by atoms with van der Waals surface area (Å²) in [6.45, 7) is 17.3. The topological polar surface area (TPSA) is 0 Å². The van der Waals surface area contributed by atoms with Crippen molar-refractivity contribution in [3.63, 3.8) is 0 Å². The van der Waals surface area contributed by atoms with Crippen LogP contribution < -0.4 is 0 Å². The molecule has 1 atom stereocenters. The highest BCUT2D eigenvalue weighted by molar-refractivity contribution is 5.30. The first-order valence-corrected chi connectivity index (χ1v) is 9.15. The van der Waals surface area contributed by atoms with Crippen molar-refractivity contribution in [2.45, 2.75) is 85.5 Å². The van der Waals surface area contributed by atoms with Gasteiger partial charge in [0.2, 0.25) is 0 Å². The van der Waals surface area contributed by atoms with Gasteiger partial charge >= 0.3 is 0 Å². The van der Waals surface area contributed by atoms with E-state index in [1.165, 1.54) is 73.7 Å². The van der Waals surface area contributed by atoms with Gasteiger partial charge in [-0.25, -0.2) is 0 Å². The Morgan fingerprint density at radius 2 is 1.91 bits per heavy atom. The molecule has 1 rings (SSSR count). The summed E-state index contributed by atoms with van der Waals surface area (Å²) in [7, 11) is 0. The standard InChI is InChI=1S/C22H36/c1-7-15-22(17-10-12-20(22)6)16-9-11-19(5)13-14-21(8-2)18(3)4/h13-14H,3,6-12,15-17H2,1-2,4-5H3/b19-13+,21-14-. The highest BCUT2D eigenvalue weighted by Gasteiger charge is 2.35. The number of hydrogen-bond acceptors (Lipinski definition) is 0. The maximum atomic E-state index is 4.38. The summed E-state index contributed by atoms with van der Waals surface area (Å²) >= 11 is 0. The Hall–Kier alpha value is -1.04. The quantitative estimate of drug-likeness (QED) is 0.305. The summed E-state index contributed by atoms with van der Waals surface area (Å²) in [4.78, 5) is 0. The van der Waals surface area contributed by atoms with Gasteiger partial charge in [-0.3, -0.25) is 0 Å². The SMILES string of the molecule is C=C(C)/C(=C\C=C(/C)CCCC1(CCC)CCCC1=C)CC. The van der Waals surface area contributed by atoms with E-state index in [1.807, 2.05) is 0 Å². The van der Waals surface area contributed by atoms with E-state index >= 15 is 0 Å². The fourth-order valence-corrected chi connectivity index (χ4v) is 3.88. The fourth-order valence-electron chi connectivity index (χ4n) is 3.88. The van der Waals surface area contributed by atoms with Gasteiger partial charge in [-0.1, -0.05) is 62.3 Å². The van der Waals surface area contributed by atoms with Crippen molar-refractivity contribution in [1.82, 2.24) is 0 Å². The second-order valence-electron chi connectivity index (χ2n) is 7.18. The molecule has 1 aliphatic carbocycles. The van der Waals surface area contributed by atoms with Crippen LogP contribution >= 0.6 is 0 Å². The molecule has 1 aliphatic rings. The van der Waals surface area contributed by atoms with Gasteiger partial charge in [0.1, 0.15) is 0 Å². The minimum Gasteiger partial charge on any atom is -0.0993 e. The van der Waals surface area contributed by atoms with Crippen molar-refractivity contribution in [3.05, 3.63) is 47.6 Å². The third-order valence-electron chi connectivity index (χ3n) is 5.34. The molecule has 0 nitrogen and oxygen atoms in total. The maximum absolute atomic E-state index is 4.38. The van der Waals surface area contributed by atoms with Crippen molar-refractivity contribution in [2.75, 3.05) is 0 Å². The normalized spacial score (nSPS) is 23.2. The van der Waals surface area contributed by atoms with E-state index in [4.69, 9.17) is 0 Å². The van der Waals surface area contributed by atoms with Gasteiger partial charge in [-0.05, 0) is 76.2 Å². The molecule has 0 amide bonds. The molecular formula is C22H36. The molecule has 0 aliphatic heterocycles. The van der Waals surface area contributed by atoms with Crippen molar-refractivity contribution in [1.29, 1.82) is 0 Å². The van der Waals surface area contributed by atoms with Crippen molar-refractivity contribution < 1.29 is 0 Å². The molecule has 0 aromatic heterocycles. The molecule has 22 heavy (non-hydrogen) atoms. The summed E-state index contributed by atoms with van der Waals surface area (Å²) in [6, 6.07) is 0. The van der Waals surface area contributed by atoms with Crippen molar-refractivity contribution in [2.24, 2.45) is 5.41 Å². The predicted molar refractivity (Wildman–Crippen MR) is 101 cm³/mol. The molecule has 1 fully saturated rings. The molecule has 0 heterocycles. The van der Waals surface area contributed by atoms with Gasteiger partial charge in [-0.2, -0.15) is 0 Å². The third-order valence-corrected chi connectivity index (χ3v) is 5.34. The molecule has 0 saturated heterocycles. The zero-order valence-electron chi connectivity index (χ0n) is 15.4. The molecule has 124 valence electrons. The van der Waals surface area contributed by atoms with Gasteiger partial charge < -0.3 is 0 Å². The van der Waals surface area contributed by atoms with Gasteiger partial charge in [0.05, 0.1) is 0 Å². The van der Waals surface area contributed by atoms with Crippen LogP contribution in [0.3, 0.4) is 0 Å². The monoisotopic (exact) mass is 300 g/mol. The Balaban J connectivity index is 2.55. The van der Waals surface area contributed by atoms with Crippen LogP contribution in [0.1, 0.15) is 85.5 Å². The summed E-state index contributed by atoms with van der Waals surface area (Å²) in [5.74, 6) is 0. The van der Waals surface area contributed by atoms with E-state index in [0.29, 0.717) is 5.41 Å². The molecule has 0 bridgehead atoms. The fraction of sp³-hybridized carbons (Fsp3) is 0.636. The second-order valence-corrected chi connectivity index (χ2v) is 7.18. The largest absolute Gasteiger partial charge is 0.0993 e. The van der Waals surface area contributed by atoms with Crippen LogP contribution in [0.5, 0.6) is 0 Å². The van der Waals surface area contributed by atoms with Crippen LogP contribution in [0.4, 0.5) is 0 Å². The molecule has 0 heteroatoms. The van der Waals surface area contributed by atoms with E-state index in [-0.39, 0.29) is 0 Å². The molecule has 0 N–H and O–H groups in total. The number of allylic oxidation sites excluding steroid dienone is 6. The lowest BCUT2D eigenvalue weighted by Gasteiger charge is -2.30. The lowest BCUT2D eigenvalue weighted by atomic mass is 9.74. The molecule has 0 aromatic rings. The Labute approximate surface area is 139 Å². The van der Waals surface area contributed by atoms with Gasteiger partial charge in [0.15, 0.2) is 0 Å². The number of rotatable bonds is 9. The predicted octanol–water partition coefficient (Wildman–Crippen LogP) is 7.54. The highest BCUT2D eigenvalue weighted by atomic mass is 14.4. The van der Waals surface area contributed by atoms with Crippen LogP contribution in [0.2, 0.25) is 0 Å². The smallest absolute Gasteiger partial charge is 0.00906 e. The zero-order valence-corrected chi connectivity index (χ0v) is 15.4. The van der Waals surface area contributed by atoms with Crippen LogP contribution in [-0.2, 0) is 0 Å². The molecular weight excluding hydrogens is 264 g/mol. The lowest BCUT2D eigenvalue weighted by molar-refractivity contribution is 0.298. The lowest BCUT2D eigenvalue weighted by Crippen LogP contribution is -2.18. The van der Waals surface area contributed by atoms with Crippen LogP contribution in [0, 0.1) is 5.41 Å². The summed E-state index contributed by atoms with van der Waals surface area (Å²) in [5, 5.41) is 0. The van der Waals surface area contributed by atoms with E-state index in [1.54, 1.807) is 0 Å². The Kier molecular flexibility index (Phi) is 7.93. The van der Waals surface area contributed by atoms with E-state index in [9.17, 15) is 0 Å². The van der Waals surface area contributed by atoms with Crippen LogP contribution in [0.25, 0.3) is 0 Å². The minimum atomic E-state index is 0.469. The third kappa shape index (κ3) is 5.30. The Morgan fingerprint density at radius 3 is 2.41 bits per heavy atom. The Morgan fingerprint density at radius 1 is 1.18 bits per heavy atom. The van der Waals surface area contributed by atoms with Gasteiger partial charge in [0.25, 0.3) is 0 Å². The second kappa shape index (κ2) is 9.18. The van der Waals surface area contributed by atoms with Crippen molar-refractivity contribution >= 4 is 0 Å². The summed E-state index contributed by atoms with van der Waals surface area (Å²) < 4.78 is 0. The molecule has 0 radical (unpaired) electrons. The van der Waals surface area contributed by atoms with Gasteiger partial charge in [-0.15, -0.1) is 0 Å². The van der Waals surface area contributed by atoms with Crippen LogP contribution in [-0.4, -0.2) is 0 Å². The summed E-state index contributed by atoms with van der Waals surface area (Å²) in [5.41, 5.74) is 6.05. The molecule has 1 unspecified atom stereocenters. The van der Waals surface area contributed by atoms with E-state index in [0.717, 1.165) is 6.42 Å². The zero-order chi connectivity index (χ0) is 16.6. The average molecular weight is 301 g/mol. The minimum absolute atomic E-state index is 0.469. The van der Waals surface area contributed by atoms with Crippen LogP contribution in [0.15, 0.2) is 47.6 Å². The molecule has 0 aromatic carbocycles. The Bertz CT molecular complexity index is 447. The first-order chi connectivity index (χ1) is 10.4. The molecule has 0 spiro atoms. The molecule has 1 saturated carbocycles. The average Bonchev–Trinajstić information content (AvgIpc) is 2.81. The number of hydrogen-bond donors (Lipinski definition) is 0. The maximum Gasteiger partial charge on any atom is -0.00906 e. The first-order valence-electron chi connectivity index (χ1n) is 9.15. The van der Waals surface area contributed by atoms with Gasteiger partial charge in [0, 0.05) is 0 Å². The first kappa shape index (κ1) is 19.0. The van der Waals surface area contributed by atoms with E-state index in [2.05, 4.69) is 53.0 Å². The van der Waals surface area contributed by atoms with Crippen molar-refractivity contribution in [3.8, 4) is 0 Å². The highest BCUT2D eigenvalue weighted by Crippen LogP contribution is 2.49. The summed E-state index contributed by atoms with van der Waals surface area (Å²) in [6.07, 6.45) is 16.1.